The van der Waals surface area contributed by atoms with Crippen molar-refractivity contribution in [2.75, 3.05) is 5.33 Å². The van der Waals surface area contributed by atoms with Crippen LogP contribution in [0.3, 0.4) is 0 Å². The van der Waals surface area contributed by atoms with Gasteiger partial charge in [-0.2, -0.15) is 0 Å². The first kappa shape index (κ1) is 11.8. The van der Waals surface area contributed by atoms with E-state index in [1.807, 2.05) is 12.2 Å². The highest BCUT2D eigenvalue weighted by Crippen LogP contribution is 2.19. The van der Waals surface area contributed by atoms with Crippen molar-refractivity contribution in [1.29, 1.82) is 0 Å². The van der Waals surface area contributed by atoms with Crippen molar-refractivity contribution < 1.29 is 15.0 Å². The molecule has 0 unspecified atom stereocenters. The van der Waals surface area contributed by atoms with E-state index in [1.165, 1.54) is 12.1 Å². The van der Waals surface area contributed by atoms with E-state index in [9.17, 15) is 9.90 Å². The molecule has 1 aromatic rings. The number of benzene rings is 1. The molecule has 0 radical (unpaired) electrons. The van der Waals surface area contributed by atoms with Crippen molar-refractivity contribution in [3.05, 3.63) is 35.4 Å². The predicted octanol–water partition coefficient (Wildman–Crippen LogP) is 2.89. The van der Waals surface area contributed by atoms with E-state index in [1.54, 1.807) is 6.07 Å². The van der Waals surface area contributed by atoms with Crippen LogP contribution in [0.25, 0.3) is 6.08 Å². The van der Waals surface area contributed by atoms with E-state index in [4.69, 9.17) is 5.11 Å². The third kappa shape index (κ3) is 3.40. The van der Waals surface area contributed by atoms with Crippen molar-refractivity contribution >= 4 is 28.0 Å². The number of hydrogen-bond acceptors (Lipinski definition) is 2. The first-order valence-electron chi connectivity index (χ1n) is 4.44. The van der Waals surface area contributed by atoms with E-state index < -0.39 is 5.97 Å². The molecule has 0 fully saturated rings. The summed E-state index contributed by atoms with van der Waals surface area (Å²) in [5.41, 5.74) is 0.714. The van der Waals surface area contributed by atoms with Gasteiger partial charge in [-0.3, -0.25) is 0 Å². The summed E-state index contributed by atoms with van der Waals surface area (Å²) in [4.78, 5) is 10.6. The van der Waals surface area contributed by atoms with Gasteiger partial charge in [0.25, 0.3) is 0 Å². The van der Waals surface area contributed by atoms with Crippen LogP contribution in [0.15, 0.2) is 24.3 Å². The second kappa shape index (κ2) is 5.56. The Morgan fingerprint density at radius 2 is 2.20 bits per heavy atom. The molecule has 0 spiro atoms. The molecule has 1 aromatic carbocycles. The minimum Gasteiger partial charge on any atom is -0.507 e. The lowest BCUT2D eigenvalue weighted by molar-refractivity contribution is 0.0694. The summed E-state index contributed by atoms with van der Waals surface area (Å²) in [5.74, 6) is -1.33. The summed E-state index contributed by atoms with van der Waals surface area (Å²) in [6.07, 6.45) is 4.68. The van der Waals surface area contributed by atoms with Crippen LogP contribution in [-0.4, -0.2) is 21.5 Å². The Labute approximate surface area is 96.2 Å². The van der Waals surface area contributed by atoms with E-state index >= 15 is 0 Å². The monoisotopic (exact) mass is 270 g/mol. The number of hydrogen-bond donors (Lipinski definition) is 2. The fourth-order valence-electron chi connectivity index (χ4n) is 1.12. The molecule has 1 rings (SSSR count). The van der Waals surface area contributed by atoms with Crippen LogP contribution in [0.5, 0.6) is 5.75 Å². The Balaban J connectivity index is 2.87. The maximum absolute atomic E-state index is 10.6. The Morgan fingerprint density at radius 3 is 2.73 bits per heavy atom. The second-order valence-corrected chi connectivity index (χ2v) is 3.75. The van der Waals surface area contributed by atoms with E-state index in [2.05, 4.69) is 15.9 Å². The van der Waals surface area contributed by atoms with Crippen molar-refractivity contribution in [2.45, 2.75) is 6.42 Å². The first-order chi connectivity index (χ1) is 7.15. The summed E-state index contributed by atoms with van der Waals surface area (Å²) in [6.45, 7) is 0. The van der Waals surface area contributed by atoms with Crippen LogP contribution >= 0.6 is 15.9 Å². The van der Waals surface area contributed by atoms with Crippen LogP contribution < -0.4 is 0 Å². The molecule has 0 amide bonds. The average molecular weight is 271 g/mol. The highest BCUT2D eigenvalue weighted by molar-refractivity contribution is 9.09. The van der Waals surface area contributed by atoms with Crippen LogP contribution in [0.4, 0.5) is 0 Å². The van der Waals surface area contributed by atoms with Crippen LogP contribution in [0, 0.1) is 0 Å². The Kier molecular flexibility index (Phi) is 4.37. The predicted molar refractivity (Wildman–Crippen MR) is 62.5 cm³/mol. The lowest BCUT2D eigenvalue weighted by Crippen LogP contribution is -1.96. The minimum atomic E-state index is -1.12. The van der Waals surface area contributed by atoms with E-state index in [-0.39, 0.29) is 11.3 Å². The molecule has 0 atom stereocenters. The number of phenols is 1. The molecule has 3 nitrogen and oxygen atoms in total. The molecular weight excluding hydrogens is 260 g/mol. The van der Waals surface area contributed by atoms with Crippen molar-refractivity contribution in [2.24, 2.45) is 0 Å². The van der Waals surface area contributed by atoms with E-state index in [0.717, 1.165) is 17.3 Å². The summed E-state index contributed by atoms with van der Waals surface area (Å²) in [6, 6.07) is 4.49. The molecule has 0 saturated carbocycles. The number of carbonyl (C=O) groups is 1. The average Bonchev–Trinajstić information content (AvgIpc) is 2.17. The zero-order valence-corrected chi connectivity index (χ0v) is 9.57. The van der Waals surface area contributed by atoms with Crippen molar-refractivity contribution in [3.8, 4) is 5.75 Å². The van der Waals surface area contributed by atoms with Gasteiger partial charge >= 0.3 is 5.97 Å². The van der Waals surface area contributed by atoms with Gasteiger partial charge in [-0.1, -0.05) is 34.1 Å². The maximum Gasteiger partial charge on any atom is 0.339 e. The number of aromatic carboxylic acids is 1. The largest absolute Gasteiger partial charge is 0.507 e. The molecule has 0 aliphatic rings. The number of aromatic hydroxyl groups is 1. The third-order valence-corrected chi connectivity index (χ3v) is 2.30. The fraction of sp³-hybridized carbons (Fsp3) is 0.182. The quantitative estimate of drug-likeness (QED) is 0.828. The lowest BCUT2D eigenvalue weighted by Gasteiger charge is -2.00. The number of carboxylic acid groups (broad SMARTS) is 1. The number of halogens is 1. The Morgan fingerprint density at radius 1 is 1.47 bits per heavy atom. The molecule has 0 bridgehead atoms. The molecule has 0 heterocycles. The molecule has 0 aliphatic carbocycles. The van der Waals surface area contributed by atoms with Gasteiger partial charge in [0.15, 0.2) is 0 Å². The highest BCUT2D eigenvalue weighted by Gasteiger charge is 2.08. The van der Waals surface area contributed by atoms with Crippen molar-refractivity contribution in [1.82, 2.24) is 0 Å². The normalized spacial score (nSPS) is 10.7. The number of rotatable bonds is 4. The smallest absolute Gasteiger partial charge is 0.339 e. The Hall–Kier alpha value is -1.29. The SMILES string of the molecule is O=C(O)c1ccc(C=CCCBr)cc1O. The van der Waals surface area contributed by atoms with Crippen LogP contribution in [-0.2, 0) is 0 Å². The molecule has 15 heavy (non-hydrogen) atoms. The molecular formula is C11H11BrO3. The van der Waals surface area contributed by atoms with Crippen LogP contribution in [0.2, 0.25) is 0 Å². The van der Waals surface area contributed by atoms with Gasteiger partial charge in [0.2, 0.25) is 0 Å². The molecule has 0 aromatic heterocycles. The maximum atomic E-state index is 10.6. The van der Waals surface area contributed by atoms with E-state index in [0.29, 0.717) is 0 Å². The zero-order chi connectivity index (χ0) is 11.3. The lowest BCUT2D eigenvalue weighted by atomic mass is 10.1. The molecule has 2 N–H and O–H groups in total. The first-order valence-corrected chi connectivity index (χ1v) is 5.56. The highest BCUT2D eigenvalue weighted by atomic mass is 79.9. The van der Waals surface area contributed by atoms with Gasteiger partial charge in [-0.25, -0.2) is 4.79 Å². The molecule has 0 saturated heterocycles. The number of allylic oxidation sites excluding steroid dienone is 1. The van der Waals surface area contributed by atoms with Gasteiger partial charge < -0.3 is 10.2 Å². The topological polar surface area (TPSA) is 57.5 Å². The Bertz CT molecular complexity index is 385. The van der Waals surface area contributed by atoms with Gasteiger partial charge in [-0.15, -0.1) is 0 Å². The fourth-order valence-corrected chi connectivity index (χ4v) is 1.38. The molecule has 0 aliphatic heterocycles. The zero-order valence-electron chi connectivity index (χ0n) is 7.98. The number of alkyl halides is 1. The van der Waals surface area contributed by atoms with Gasteiger partial charge in [0.1, 0.15) is 11.3 Å². The van der Waals surface area contributed by atoms with Gasteiger partial charge in [-0.05, 0) is 24.1 Å². The van der Waals surface area contributed by atoms with Crippen molar-refractivity contribution in [3.63, 3.8) is 0 Å². The van der Waals surface area contributed by atoms with Crippen LogP contribution in [0.1, 0.15) is 22.3 Å². The number of carboxylic acids is 1. The molecule has 80 valence electrons. The summed E-state index contributed by atoms with van der Waals surface area (Å²) >= 11 is 3.29. The summed E-state index contributed by atoms with van der Waals surface area (Å²) in [5, 5.41) is 19.0. The molecule has 4 heteroatoms. The van der Waals surface area contributed by atoms with Gasteiger partial charge in [0, 0.05) is 5.33 Å². The minimum absolute atomic E-state index is 0.0763. The third-order valence-electron chi connectivity index (χ3n) is 1.84. The second-order valence-electron chi connectivity index (χ2n) is 2.96. The summed E-state index contributed by atoms with van der Waals surface area (Å²) in [7, 11) is 0. The summed E-state index contributed by atoms with van der Waals surface area (Å²) < 4.78 is 0. The van der Waals surface area contributed by atoms with Gasteiger partial charge in [0.05, 0.1) is 0 Å². The standard InChI is InChI=1S/C11H11BrO3/c12-6-2-1-3-8-4-5-9(11(14)15)10(13)7-8/h1,3-5,7,13H,2,6H2,(H,14,15).